The number of benzene rings is 18. The molecule has 0 unspecified atom stereocenters. The highest BCUT2D eigenvalue weighted by Gasteiger charge is 2.52. The van der Waals surface area contributed by atoms with Crippen molar-refractivity contribution >= 4 is 160 Å². The second-order valence-corrected chi connectivity index (χ2v) is 38.2. The van der Waals surface area contributed by atoms with Gasteiger partial charge in [0.1, 0.15) is 22.3 Å². The zero-order valence-corrected chi connectivity index (χ0v) is 74.9. The van der Waals surface area contributed by atoms with Crippen molar-refractivity contribution in [3.8, 4) is 78.4 Å². The summed E-state index contributed by atoms with van der Waals surface area (Å²) in [6.07, 6.45) is 0. The summed E-state index contributed by atoms with van der Waals surface area (Å²) in [4.78, 5) is 0. The van der Waals surface area contributed by atoms with Crippen molar-refractivity contribution in [1.29, 1.82) is 0 Å². The van der Waals surface area contributed by atoms with Crippen LogP contribution in [0.25, 0.3) is 209 Å². The maximum Gasteiger partial charge on any atom is 0.494 e. The van der Waals surface area contributed by atoms with E-state index in [1.165, 1.54) is 171 Å². The minimum Gasteiger partial charge on any atom is -0.456 e. The molecule has 3 aliphatic rings. The molecule has 6 aromatic heterocycles. The molecule has 27 rings (SSSR count). The van der Waals surface area contributed by atoms with Crippen LogP contribution in [0.4, 0.5) is 0 Å². The van der Waals surface area contributed by atoms with Crippen molar-refractivity contribution < 1.29 is 18.1 Å². The molecule has 8 nitrogen and oxygen atoms in total. The molecule has 1 saturated heterocycles. The van der Waals surface area contributed by atoms with Crippen LogP contribution in [0.3, 0.4) is 0 Å². The maximum absolute atomic E-state index is 6.60. The Morgan fingerprint density at radius 2 is 0.554 bits per heavy atom. The molecule has 1 fully saturated rings. The van der Waals surface area contributed by atoms with E-state index >= 15 is 0 Å². The van der Waals surface area contributed by atoms with Gasteiger partial charge >= 0.3 is 7.12 Å². The topological polar surface area (TPSA) is 64.5 Å². The van der Waals surface area contributed by atoms with Crippen LogP contribution in [0.15, 0.2) is 402 Å². The number of halogens is 1. The largest absolute Gasteiger partial charge is 0.494 e. The van der Waals surface area contributed by atoms with Crippen LogP contribution in [-0.2, 0) is 20.1 Å². The second kappa shape index (κ2) is 29.1. The Kier molecular flexibility index (Phi) is 17.4. The highest BCUT2D eigenvalue weighted by atomic mass is 79.9. The predicted octanol–water partition coefficient (Wildman–Crippen LogP) is 31.9. The third kappa shape index (κ3) is 11.9. The van der Waals surface area contributed by atoms with Crippen molar-refractivity contribution in [3.63, 3.8) is 0 Å². The Morgan fingerprint density at radius 1 is 0.223 bits per heavy atom. The van der Waals surface area contributed by atoms with Gasteiger partial charge in [0.25, 0.3) is 0 Å². The third-order valence-electron chi connectivity index (χ3n) is 28.8. The van der Waals surface area contributed by atoms with E-state index in [9.17, 15) is 0 Å². The lowest BCUT2D eigenvalue weighted by molar-refractivity contribution is 0.00578. The van der Waals surface area contributed by atoms with Gasteiger partial charge in [-0.3, -0.25) is 0 Å². The summed E-state index contributed by atoms with van der Waals surface area (Å²) in [6.45, 7) is 17.8. The summed E-state index contributed by atoms with van der Waals surface area (Å²) in [5.74, 6) is 0. The Labute approximate surface area is 761 Å². The molecule has 7 heterocycles. The summed E-state index contributed by atoms with van der Waals surface area (Å²) in [7, 11) is -0.390. The van der Waals surface area contributed by atoms with Gasteiger partial charge in [0, 0.05) is 103 Å². The Bertz CT molecular complexity index is 8810. The van der Waals surface area contributed by atoms with Crippen LogP contribution in [-0.4, -0.2) is 36.6 Å². The first-order valence-corrected chi connectivity index (χ1v) is 45.8. The quantitative estimate of drug-likeness (QED) is 0.142. The average molecular weight is 1740 g/mol. The molecule has 1 aliphatic heterocycles. The van der Waals surface area contributed by atoms with Crippen molar-refractivity contribution in [3.05, 3.63) is 415 Å². The molecular formula is C120H88BBrN4O4. The van der Waals surface area contributed by atoms with Crippen molar-refractivity contribution in [1.82, 2.24) is 18.3 Å². The molecule has 0 spiro atoms. The number of hydrogen-bond acceptors (Lipinski definition) is 4. The number of para-hydroxylation sites is 6. The van der Waals surface area contributed by atoms with Gasteiger partial charge in [-0.25, -0.2) is 0 Å². The van der Waals surface area contributed by atoms with Crippen LogP contribution in [0, 0.1) is 0 Å². The van der Waals surface area contributed by atoms with Gasteiger partial charge in [-0.05, 0) is 281 Å². The van der Waals surface area contributed by atoms with E-state index in [4.69, 9.17) is 18.1 Å². The van der Waals surface area contributed by atoms with E-state index < -0.39 is 7.12 Å². The molecule has 18 aromatic carbocycles. The minimum atomic E-state index is -0.390. The summed E-state index contributed by atoms with van der Waals surface area (Å²) in [5.41, 5.74) is 36.1. The van der Waals surface area contributed by atoms with Gasteiger partial charge in [-0.2, -0.15) is 0 Å². The van der Waals surface area contributed by atoms with Crippen LogP contribution >= 0.6 is 15.9 Å². The van der Waals surface area contributed by atoms with Crippen LogP contribution in [0.5, 0.6) is 0 Å². The second-order valence-electron chi connectivity index (χ2n) is 37.4. The predicted molar refractivity (Wildman–Crippen MR) is 546 cm³/mol. The van der Waals surface area contributed by atoms with Crippen molar-refractivity contribution in [2.24, 2.45) is 0 Å². The molecule has 130 heavy (non-hydrogen) atoms. The lowest BCUT2D eigenvalue weighted by Crippen LogP contribution is -2.41. The first-order chi connectivity index (χ1) is 63.4. The van der Waals surface area contributed by atoms with E-state index in [1.807, 2.05) is 12.1 Å². The van der Waals surface area contributed by atoms with E-state index in [0.717, 1.165) is 70.8 Å². The van der Waals surface area contributed by atoms with Gasteiger partial charge < -0.3 is 36.4 Å². The van der Waals surface area contributed by atoms with Crippen molar-refractivity contribution in [2.75, 3.05) is 0 Å². The lowest BCUT2D eigenvalue weighted by Gasteiger charge is -2.32. The first kappa shape index (κ1) is 77.6. The number of furan rings is 2. The fourth-order valence-electron chi connectivity index (χ4n) is 21.7. The molecule has 10 heteroatoms. The van der Waals surface area contributed by atoms with E-state index in [1.54, 1.807) is 0 Å². The third-order valence-corrected chi connectivity index (χ3v) is 29.5. The van der Waals surface area contributed by atoms with Gasteiger partial charge in [0.15, 0.2) is 0 Å². The molecule has 0 amide bonds. The number of aromatic nitrogens is 4. The monoisotopic (exact) mass is 1740 g/mol. The van der Waals surface area contributed by atoms with Crippen LogP contribution in [0.1, 0.15) is 77.6 Å². The van der Waals surface area contributed by atoms with Gasteiger partial charge in [0.2, 0.25) is 0 Å². The molecule has 24 aromatic rings. The highest BCUT2D eigenvalue weighted by molar-refractivity contribution is 9.10. The molecular weight excluding hydrogens is 1650 g/mol. The lowest BCUT2D eigenvalue weighted by atomic mass is 9.78. The molecule has 622 valence electrons. The summed E-state index contributed by atoms with van der Waals surface area (Å²) in [5, 5.41) is 14.5. The SMILES string of the molecule is Brc1cccc2oc3ccc(-c4ccc5c(c4)c4ccccc4n5-c4ccccc4)cc3c12.CC1(C)c2ccccc2-c2cc3c4cc(-c5cccc6oc7ccc(-c8ccc9c(c8)c8ccccc8n9-c8ccccc8)cc7c56)ccc4n(-c4ccccc4)c3cc21.CC1(C)c2ccccc2-c2cc3c4cc(B5OC(C)(C)C(C)(C)O5)ccc4n(-c4ccccc4)c3cc21. The zero-order chi connectivity index (χ0) is 87.4. The fraction of sp³-hybridized carbons (Fsp3) is 0.100. The van der Waals surface area contributed by atoms with Gasteiger partial charge in [-0.15, -0.1) is 0 Å². The Balaban J connectivity index is 0.000000112. The smallest absolute Gasteiger partial charge is 0.456 e. The Morgan fingerprint density at radius 3 is 1.02 bits per heavy atom. The summed E-state index contributed by atoms with van der Waals surface area (Å²) in [6, 6.07) is 141. The standard InChI is InChI=1S/C57H38N2O.C33H32BNO2.C30H18BrNO/c1-57(2)48-21-11-9-18-41(48)43-33-46-45-32-37(25-28-52(45)59(53(46)34-49(43)57)39-16-7-4-8-17-39)40-20-13-23-55-56(40)47-31-36(26-29-54(47)60-55)35-24-27-51-44(30-35)42-19-10-12-22-50(42)58(51)38-14-5-3-6-15-38;1-31(2)27-15-11-10-14-23(27)24-19-26-25-18-21(34-36-32(3,4)33(5,6)37-34)16-17-29(25)35(30(26)20-28(24)31)22-12-8-7-9-13-22;31-25-10-6-12-29-30(25)24-18-20(14-16-28(24)33-29)19-13-15-27-23(17-19)22-9-4-5-11-26(22)32(27)21-7-2-1-3-8-21/h3-34H,1-2H3;7-20H,1-6H3;1-18H. The number of nitrogens with zero attached hydrogens (tertiary/aromatic N) is 4. The molecule has 0 saturated carbocycles. The zero-order valence-electron chi connectivity index (χ0n) is 73.3. The summed E-state index contributed by atoms with van der Waals surface area (Å²) < 4.78 is 36.1. The Hall–Kier alpha value is -14.8. The summed E-state index contributed by atoms with van der Waals surface area (Å²) >= 11 is 3.70. The molecule has 2 aliphatic carbocycles. The van der Waals surface area contributed by atoms with E-state index in [2.05, 4.69) is 466 Å². The minimum absolute atomic E-state index is 0.0497. The average Bonchev–Trinajstić information content (AvgIpc) is 1.55. The normalized spacial score (nSPS) is 14.5. The van der Waals surface area contributed by atoms with Gasteiger partial charge in [-0.1, -0.05) is 262 Å². The van der Waals surface area contributed by atoms with Crippen LogP contribution in [0.2, 0.25) is 0 Å². The van der Waals surface area contributed by atoms with Crippen molar-refractivity contribution in [2.45, 2.75) is 77.4 Å². The number of rotatable bonds is 8. The molecule has 0 radical (unpaired) electrons. The highest BCUT2D eigenvalue weighted by Crippen LogP contribution is 2.55. The molecule has 0 bridgehead atoms. The maximum atomic E-state index is 6.60. The van der Waals surface area contributed by atoms with Crippen LogP contribution < -0.4 is 5.46 Å². The van der Waals surface area contributed by atoms with E-state index in [-0.39, 0.29) is 22.0 Å². The first-order valence-electron chi connectivity index (χ1n) is 45.0. The van der Waals surface area contributed by atoms with Gasteiger partial charge in [0.05, 0.1) is 55.3 Å². The number of hydrogen-bond donors (Lipinski definition) is 0. The molecule has 0 N–H and O–H groups in total. The molecule has 0 atom stereocenters. The fourth-order valence-corrected chi connectivity index (χ4v) is 22.2. The number of fused-ring (bicyclic) bond motifs is 24. The van der Waals surface area contributed by atoms with E-state index in [0.29, 0.717) is 0 Å².